The zero-order valence-corrected chi connectivity index (χ0v) is 15.5. The topological polar surface area (TPSA) is 50.5 Å². The zero-order chi connectivity index (χ0) is 19.0. The third kappa shape index (κ3) is 3.19. The summed E-state index contributed by atoms with van der Waals surface area (Å²) in [6.45, 7) is 1.57. The fourth-order valence-corrected chi connectivity index (χ4v) is 3.07. The van der Waals surface area contributed by atoms with Gasteiger partial charge in [-0.2, -0.15) is 5.10 Å². The predicted octanol–water partition coefficient (Wildman–Crippen LogP) is 4.33. The normalized spacial score (nSPS) is 10.9. The number of hydrogen-bond donors (Lipinski definition) is 0. The first-order valence-electron chi connectivity index (χ1n) is 8.77. The lowest BCUT2D eigenvalue weighted by atomic mass is 10.1. The van der Waals surface area contributed by atoms with Gasteiger partial charge in [-0.05, 0) is 37.3 Å². The highest BCUT2D eigenvalue weighted by Gasteiger charge is 2.11. The molecule has 0 spiro atoms. The van der Waals surface area contributed by atoms with Crippen LogP contribution in [0.1, 0.15) is 17.3 Å². The molecule has 2 heterocycles. The molecule has 0 unspecified atom stereocenters. The molecular formula is C22H20N4O. The number of anilines is 1. The standard InChI is InChI=1S/C22H20N4O/c1-15(27)16-6-4-8-18(12-16)21-14-23-22-11-10-20(24-26(21)22)17-7-5-9-19(13-17)25(2)3/h4-14H,1-3H3. The maximum Gasteiger partial charge on any atom is 0.159 e. The van der Waals surface area contributed by atoms with E-state index in [-0.39, 0.29) is 5.78 Å². The molecule has 0 aliphatic rings. The molecule has 0 radical (unpaired) electrons. The van der Waals surface area contributed by atoms with E-state index < -0.39 is 0 Å². The average Bonchev–Trinajstić information content (AvgIpc) is 3.11. The minimum atomic E-state index is 0.0415. The number of aromatic nitrogens is 3. The van der Waals surface area contributed by atoms with Gasteiger partial charge in [-0.1, -0.05) is 30.3 Å². The molecule has 4 aromatic rings. The largest absolute Gasteiger partial charge is 0.378 e. The van der Waals surface area contributed by atoms with Gasteiger partial charge in [-0.25, -0.2) is 9.50 Å². The van der Waals surface area contributed by atoms with Crippen molar-refractivity contribution in [2.75, 3.05) is 19.0 Å². The number of imidazole rings is 1. The van der Waals surface area contributed by atoms with Gasteiger partial charge in [0.2, 0.25) is 0 Å². The molecule has 2 aromatic heterocycles. The minimum absolute atomic E-state index is 0.0415. The van der Waals surface area contributed by atoms with Gasteiger partial charge in [0.15, 0.2) is 11.4 Å². The van der Waals surface area contributed by atoms with E-state index in [4.69, 9.17) is 5.10 Å². The third-order valence-corrected chi connectivity index (χ3v) is 4.59. The van der Waals surface area contributed by atoms with Crippen molar-refractivity contribution < 1.29 is 4.79 Å². The van der Waals surface area contributed by atoms with Crippen LogP contribution in [0.2, 0.25) is 0 Å². The molecular weight excluding hydrogens is 336 g/mol. The summed E-state index contributed by atoms with van der Waals surface area (Å²) >= 11 is 0. The van der Waals surface area contributed by atoms with Crippen LogP contribution in [-0.2, 0) is 0 Å². The molecule has 0 fully saturated rings. The molecule has 4 rings (SSSR count). The van der Waals surface area contributed by atoms with E-state index in [2.05, 4.69) is 22.0 Å². The van der Waals surface area contributed by atoms with Crippen molar-refractivity contribution in [1.82, 2.24) is 14.6 Å². The zero-order valence-electron chi connectivity index (χ0n) is 15.5. The molecule has 0 N–H and O–H groups in total. The summed E-state index contributed by atoms with van der Waals surface area (Å²) in [5, 5.41) is 4.81. The SMILES string of the molecule is CC(=O)c1cccc(-c2cnc3ccc(-c4cccc(N(C)C)c4)nn23)c1. The summed E-state index contributed by atoms with van der Waals surface area (Å²) in [5.41, 5.74) is 6.26. The van der Waals surface area contributed by atoms with Gasteiger partial charge >= 0.3 is 0 Å². The van der Waals surface area contributed by atoms with Crippen molar-refractivity contribution in [3.8, 4) is 22.5 Å². The van der Waals surface area contributed by atoms with Crippen molar-refractivity contribution in [2.24, 2.45) is 0 Å². The minimum Gasteiger partial charge on any atom is -0.378 e. The van der Waals surface area contributed by atoms with Gasteiger partial charge in [0.25, 0.3) is 0 Å². The predicted molar refractivity (Wildman–Crippen MR) is 108 cm³/mol. The molecule has 27 heavy (non-hydrogen) atoms. The van der Waals surface area contributed by atoms with Gasteiger partial charge < -0.3 is 4.90 Å². The molecule has 0 saturated carbocycles. The Bertz CT molecular complexity index is 1140. The van der Waals surface area contributed by atoms with Gasteiger partial charge in [-0.15, -0.1) is 0 Å². The van der Waals surface area contributed by atoms with Crippen LogP contribution >= 0.6 is 0 Å². The molecule has 0 saturated heterocycles. The molecule has 0 atom stereocenters. The van der Waals surface area contributed by atoms with E-state index >= 15 is 0 Å². The van der Waals surface area contributed by atoms with Crippen LogP contribution in [0, 0.1) is 0 Å². The van der Waals surface area contributed by atoms with Crippen molar-refractivity contribution in [2.45, 2.75) is 6.92 Å². The summed E-state index contributed by atoms with van der Waals surface area (Å²) in [6.07, 6.45) is 1.79. The highest BCUT2D eigenvalue weighted by molar-refractivity contribution is 5.95. The van der Waals surface area contributed by atoms with Gasteiger partial charge in [0.05, 0.1) is 17.6 Å². The van der Waals surface area contributed by atoms with E-state index in [1.165, 1.54) is 0 Å². The summed E-state index contributed by atoms with van der Waals surface area (Å²) in [7, 11) is 4.04. The fraction of sp³-hybridized carbons (Fsp3) is 0.136. The first-order valence-corrected chi connectivity index (χ1v) is 8.77. The van der Waals surface area contributed by atoms with Gasteiger partial charge in [-0.3, -0.25) is 4.79 Å². The van der Waals surface area contributed by atoms with Crippen LogP contribution < -0.4 is 4.90 Å². The Balaban J connectivity index is 1.84. The van der Waals surface area contributed by atoms with Gasteiger partial charge in [0, 0.05) is 36.5 Å². The number of benzene rings is 2. The lowest BCUT2D eigenvalue weighted by Gasteiger charge is -2.13. The number of rotatable bonds is 4. The second-order valence-electron chi connectivity index (χ2n) is 6.71. The summed E-state index contributed by atoms with van der Waals surface area (Å²) < 4.78 is 1.83. The fourth-order valence-electron chi connectivity index (χ4n) is 3.07. The molecule has 134 valence electrons. The van der Waals surface area contributed by atoms with Crippen LogP contribution in [0.5, 0.6) is 0 Å². The van der Waals surface area contributed by atoms with E-state index in [0.717, 1.165) is 33.8 Å². The molecule has 2 aromatic carbocycles. The molecule has 5 nitrogen and oxygen atoms in total. The Hall–Kier alpha value is -3.47. The van der Waals surface area contributed by atoms with E-state index in [9.17, 15) is 4.79 Å². The smallest absolute Gasteiger partial charge is 0.159 e. The number of ketones is 1. The Morgan fingerprint density at radius 3 is 2.52 bits per heavy atom. The van der Waals surface area contributed by atoms with Gasteiger partial charge in [0.1, 0.15) is 0 Å². The van der Waals surface area contributed by atoms with Crippen LogP contribution in [0.4, 0.5) is 5.69 Å². The number of carbonyl (C=O) groups is 1. The number of carbonyl (C=O) groups excluding carboxylic acids is 1. The Kier molecular flexibility index (Phi) is 4.20. The Morgan fingerprint density at radius 2 is 1.74 bits per heavy atom. The van der Waals surface area contributed by atoms with E-state index in [1.54, 1.807) is 13.1 Å². The first kappa shape index (κ1) is 17.0. The number of hydrogen-bond acceptors (Lipinski definition) is 4. The first-order chi connectivity index (χ1) is 13.0. The Morgan fingerprint density at radius 1 is 0.963 bits per heavy atom. The van der Waals surface area contributed by atoms with Crippen molar-refractivity contribution >= 4 is 17.1 Å². The molecule has 0 bridgehead atoms. The van der Waals surface area contributed by atoms with Crippen LogP contribution in [0.3, 0.4) is 0 Å². The average molecular weight is 356 g/mol. The van der Waals surface area contributed by atoms with Crippen molar-refractivity contribution in [3.63, 3.8) is 0 Å². The monoisotopic (exact) mass is 356 g/mol. The third-order valence-electron chi connectivity index (χ3n) is 4.59. The second-order valence-corrected chi connectivity index (χ2v) is 6.71. The van der Waals surface area contributed by atoms with Crippen LogP contribution in [-0.4, -0.2) is 34.5 Å². The molecule has 5 heteroatoms. The lowest BCUT2D eigenvalue weighted by Crippen LogP contribution is -2.08. The summed E-state index contributed by atoms with van der Waals surface area (Å²) in [5.74, 6) is 0.0415. The molecule has 0 aliphatic carbocycles. The van der Waals surface area contributed by atoms with E-state index in [1.807, 2.05) is 67.1 Å². The number of nitrogens with zero attached hydrogens (tertiary/aromatic N) is 4. The quantitative estimate of drug-likeness (QED) is 0.511. The molecule has 0 aliphatic heterocycles. The van der Waals surface area contributed by atoms with Crippen LogP contribution in [0.15, 0.2) is 66.9 Å². The molecule has 0 amide bonds. The number of fused-ring (bicyclic) bond motifs is 1. The summed E-state index contributed by atoms with van der Waals surface area (Å²) in [6, 6.07) is 19.8. The van der Waals surface area contributed by atoms with E-state index in [0.29, 0.717) is 5.56 Å². The Labute approximate surface area is 157 Å². The summed E-state index contributed by atoms with van der Waals surface area (Å²) in [4.78, 5) is 18.2. The van der Waals surface area contributed by atoms with Crippen LogP contribution in [0.25, 0.3) is 28.2 Å². The lowest BCUT2D eigenvalue weighted by molar-refractivity contribution is 0.101. The van der Waals surface area contributed by atoms with Crippen molar-refractivity contribution in [3.05, 3.63) is 72.4 Å². The highest BCUT2D eigenvalue weighted by Crippen LogP contribution is 2.25. The maximum atomic E-state index is 11.7. The number of Topliss-reactive ketones (excluding diaryl/α,β-unsaturated/α-hetero) is 1. The maximum absolute atomic E-state index is 11.7. The second kappa shape index (κ2) is 6.68. The highest BCUT2D eigenvalue weighted by atomic mass is 16.1. The van der Waals surface area contributed by atoms with Crippen molar-refractivity contribution in [1.29, 1.82) is 0 Å².